The van der Waals surface area contributed by atoms with Crippen LogP contribution in [0.1, 0.15) is 58.2 Å². The molecule has 0 fully saturated rings. The third-order valence-electron chi connectivity index (χ3n) is 4.77. The largest absolute Gasteiger partial charge is 0.487 e. The average molecular weight is 367 g/mol. The van der Waals surface area contributed by atoms with Crippen molar-refractivity contribution >= 4 is 5.91 Å². The number of benzene rings is 2. The monoisotopic (exact) mass is 367 g/mol. The highest BCUT2D eigenvalue weighted by Gasteiger charge is 2.34. The van der Waals surface area contributed by atoms with Gasteiger partial charge in [0.2, 0.25) is 0 Å². The molecule has 1 heterocycles. The van der Waals surface area contributed by atoms with Gasteiger partial charge in [-0.05, 0) is 37.0 Å². The summed E-state index contributed by atoms with van der Waals surface area (Å²) in [6, 6.07) is 15.7. The molecule has 0 bridgehead atoms. The van der Waals surface area contributed by atoms with Crippen LogP contribution in [0.5, 0.6) is 11.5 Å². The number of fused-ring (bicyclic) bond motifs is 1. The fourth-order valence-electron chi connectivity index (χ4n) is 3.52. The molecule has 0 aliphatic carbocycles. The third kappa shape index (κ3) is 4.62. The minimum atomic E-state index is -0.327. The second-order valence-electron chi connectivity index (χ2n) is 8.76. The van der Waals surface area contributed by atoms with E-state index in [1.807, 2.05) is 62.4 Å². The molecule has 144 valence electrons. The van der Waals surface area contributed by atoms with Crippen molar-refractivity contribution in [3.63, 3.8) is 0 Å². The SMILES string of the molecule is CC1(C)C[C@H](NC(=O)COc2ccccc2C(C)(C)C)c2ccccc2O1. The van der Waals surface area contributed by atoms with E-state index >= 15 is 0 Å². The van der Waals surface area contributed by atoms with Crippen LogP contribution in [0, 0.1) is 0 Å². The summed E-state index contributed by atoms with van der Waals surface area (Å²) in [4.78, 5) is 12.6. The van der Waals surface area contributed by atoms with Gasteiger partial charge in [0.1, 0.15) is 17.1 Å². The van der Waals surface area contributed by atoms with Gasteiger partial charge < -0.3 is 14.8 Å². The Kier molecular flexibility index (Phi) is 5.18. The maximum atomic E-state index is 12.6. The number of ether oxygens (including phenoxy) is 2. The molecule has 1 N–H and O–H groups in total. The van der Waals surface area contributed by atoms with Gasteiger partial charge in [-0.3, -0.25) is 4.79 Å². The van der Waals surface area contributed by atoms with Crippen molar-refractivity contribution in [3.8, 4) is 11.5 Å². The second-order valence-corrected chi connectivity index (χ2v) is 8.76. The molecule has 0 radical (unpaired) electrons. The van der Waals surface area contributed by atoms with Gasteiger partial charge in [0.05, 0.1) is 6.04 Å². The molecular weight excluding hydrogens is 338 g/mol. The van der Waals surface area contributed by atoms with Gasteiger partial charge in [0.25, 0.3) is 5.91 Å². The van der Waals surface area contributed by atoms with Crippen LogP contribution in [0.15, 0.2) is 48.5 Å². The molecule has 1 atom stereocenters. The molecule has 0 unspecified atom stereocenters. The minimum absolute atomic E-state index is 0.00690. The van der Waals surface area contributed by atoms with Crippen LogP contribution in [0.2, 0.25) is 0 Å². The van der Waals surface area contributed by atoms with E-state index in [2.05, 4.69) is 26.1 Å². The zero-order valence-corrected chi connectivity index (χ0v) is 16.8. The van der Waals surface area contributed by atoms with Crippen LogP contribution in [-0.4, -0.2) is 18.1 Å². The van der Waals surface area contributed by atoms with Crippen LogP contribution in [0.25, 0.3) is 0 Å². The standard InChI is InChI=1S/C23H29NO3/c1-22(2,3)17-11-7-9-13-20(17)26-15-21(25)24-18-14-23(4,5)27-19-12-8-6-10-16(18)19/h6-13,18H,14-15H2,1-5H3,(H,24,25)/t18-/m0/s1. The van der Waals surface area contributed by atoms with Gasteiger partial charge in [-0.15, -0.1) is 0 Å². The molecule has 1 amide bonds. The Morgan fingerprint density at radius 2 is 1.81 bits per heavy atom. The van der Waals surface area contributed by atoms with E-state index in [0.717, 1.165) is 22.6 Å². The third-order valence-corrected chi connectivity index (χ3v) is 4.77. The normalized spacial score (nSPS) is 18.2. The summed E-state index contributed by atoms with van der Waals surface area (Å²) >= 11 is 0. The Balaban J connectivity index is 1.69. The lowest BCUT2D eigenvalue weighted by Gasteiger charge is -2.37. The lowest BCUT2D eigenvalue weighted by molar-refractivity contribution is -0.124. The number of rotatable bonds is 4. The van der Waals surface area contributed by atoms with Crippen LogP contribution in [0.4, 0.5) is 0 Å². The van der Waals surface area contributed by atoms with Gasteiger partial charge >= 0.3 is 0 Å². The topological polar surface area (TPSA) is 47.6 Å². The Hall–Kier alpha value is -2.49. The van der Waals surface area contributed by atoms with Crippen LogP contribution >= 0.6 is 0 Å². The fourth-order valence-corrected chi connectivity index (χ4v) is 3.52. The van der Waals surface area contributed by atoms with Gasteiger partial charge in [-0.1, -0.05) is 57.2 Å². The molecule has 2 aromatic rings. The molecule has 27 heavy (non-hydrogen) atoms. The molecule has 1 aliphatic heterocycles. The lowest BCUT2D eigenvalue weighted by Crippen LogP contribution is -2.42. The van der Waals surface area contributed by atoms with Gasteiger partial charge in [-0.25, -0.2) is 0 Å². The summed E-state index contributed by atoms with van der Waals surface area (Å²) in [5.74, 6) is 1.46. The summed E-state index contributed by atoms with van der Waals surface area (Å²) < 4.78 is 11.9. The predicted molar refractivity (Wildman–Crippen MR) is 107 cm³/mol. The number of carbonyl (C=O) groups excluding carboxylic acids is 1. The van der Waals surface area contributed by atoms with E-state index in [1.54, 1.807) is 0 Å². The van der Waals surface area contributed by atoms with Crippen molar-refractivity contribution in [1.82, 2.24) is 5.32 Å². The van der Waals surface area contributed by atoms with Crippen molar-refractivity contribution in [2.24, 2.45) is 0 Å². The molecule has 0 saturated carbocycles. The van der Waals surface area contributed by atoms with Crippen molar-refractivity contribution in [2.75, 3.05) is 6.61 Å². The Morgan fingerprint density at radius 3 is 2.56 bits per heavy atom. The molecule has 0 spiro atoms. The number of carbonyl (C=O) groups is 1. The van der Waals surface area contributed by atoms with Crippen LogP contribution < -0.4 is 14.8 Å². The smallest absolute Gasteiger partial charge is 0.258 e. The van der Waals surface area contributed by atoms with Gasteiger partial charge in [-0.2, -0.15) is 0 Å². The maximum Gasteiger partial charge on any atom is 0.258 e. The van der Waals surface area contributed by atoms with E-state index < -0.39 is 0 Å². The Labute approximate surface area is 161 Å². The Bertz CT molecular complexity index is 820. The first-order valence-corrected chi connectivity index (χ1v) is 9.45. The number of hydrogen-bond acceptors (Lipinski definition) is 3. The summed E-state index contributed by atoms with van der Waals surface area (Å²) in [5, 5.41) is 3.12. The fraction of sp³-hybridized carbons (Fsp3) is 0.435. The highest BCUT2D eigenvalue weighted by molar-refractivity contribution is 5.78. The molecule has 0 aromatic heterocycles. The van der Waals surface area contributed by atoms with E-state index in [0.29, 0.717) is 6.42 Å². The first-order chi connectivity index (χ1) is 12.7. The van der Waals surface area contributed by atoms with Crippen LogP contribution in [-0.2, 0) is 10.2 Å². The average Bonchev–Trinajstić information content (AvgIpc) is 2.58. The first-order valence-electron chi connectivity index (χ1n) is 9.45. The zero-order valence-electron chi connectivity index (χ0n) is 16.8. The van der Waals surface area contributed by atoms with Crippen molar-refractivity contribution in [3.05, 3.63) is 59.7 Å². The maximum absolute atomic E-state index is 12.6. The molecule has 0 saturated heterocycles. The van der Waals surface area contributed by atoms with E-state index in [4.69, 9.17) is 9.47 Å². The number of amides is 1. The van der Waals surface area contributed by atoms with E-state index in [1.165, 1.54) is 0 Å². The van der Waals surface area contributed by atoms with Crippen LogP contribution in [0.3, 0.4) is 0 Å². The first kappa shape index (κ1) is 19.3. The lowest BCUT2D eigenvalue weighted by atomic mass is 9.86. The summed E-state index contributed by atoms with van der Waals surface area (Å²) in [7, 11) is 0. The van der Waals surface area contributed by atoms with E-state index in [9.17, 15) is 4.79 Å². The predicted octanol–water partition coefficient (Wildman–Crippen LogP) is 4.78. The summed E-state index contributed by atoms with van der Waals surface area (Å²) in [6.07, 6.45) is 0.717. The number of para-hydroxylation sites is 2. The molecule has 4 nitrogen and oxygen atoms in total. The number of hydrogen-bond donors (Lipinski definition) is 1. The molecule has 2 aromatic carbocycles. The summed E-state index contributed by atoms with van der Waals surface area (Å²) in [6.45, 7) is 10.5. The highest BCUT2D eigenvalue weighted by atomic mass is 16.5. The molecule has 3 rings (SSSR count). The second kappa shape index (κ2) is 7.26. The molecule has 4 heteroatoms. The summed E-state index contributed by atoms with van der Waals surface area (Å²) in [5.41, 5.74) is 1.73. The van der Waals surface area contributed by atoms with Crippen molar-refractivity contribution < 1.29 is 14.3 Å². The zero-order chi connectivity index (χ0) is 19.7. The minimum Gasteiger partial charge on any atom is -0.487 e. The quantitative estimate of drug-likeness (QED) is 0.846. The molecular formula is C23H29NO3. The van der Waals surface area contributed by atoms with Crippen molar-refractivity contribution in [2.45, 2.75) is 58.1 Å². The van der Waals surface area contributed by atoms with Gasteiger partial charge in [0, 0.05) is 12.0 Å². The Morgan fingerprint density at radius 1 is 1.15 bits per heavy atom. The van der Waals surface area contributed by atoms with Gasteiger partial charge in [0.15, 0.2) is 6.61 Å². The molecule has 1 aliphatic rings. The number of nitrogens with one attached hydrogen (secondary N) is 1. The van der Waals surface area contributed by atoms with E-state index in [-0.39, 0.29) is 29.6 Å². The highest BCUT2D eigenvalue weighted by Crippen LogP contribution is 2.39. The van der Waals surface area contributed by atoms with Crippen molar-refractivity contribution in [1.29, 1.82) is 0 Å².